The standard InChI is InChI=1S/C34H51FO4/c1-3-5-7-9-11-12-14-16-18-30(35)28-38-32-21-19-29(20-22-32)34(36)39-33-25-23-31(24-26-33)37-27-17-15-13-10-8-6-4-2/h19-26,30H,3-18,27-28H2,1-2H3. The molecule has 0 radical (unpaired) electrons. The quantitative estimate of drug-likeness (QED) is 0.0796. The average molecular weight is 543 g/mol. The number of benzene rings is 2. The molecule has 218 valence electrons. The summed E-state index contributed by atoms with van der Waals surface area (Å²) in [5.41, 5.74) is 0.414. The molecule has 0 aliphatic heterocycles. The van der Waals surface area contributed by atoms with Gasteiger partial charge in [0.15, 0.2) is 0 Å². The van der Waals surface area contributed by atoms with Gasteiger partial charge in [0, 0.05) is 0 Å². The molecule has 0 aliphatic rings. The normalized spacial score (nSPS) is 11.8. The monoisotopic (exact) mass is 542 g/mol. The Hall–Kier alpha value is -2.56. The molecule has 0 amide bonds. The Morgan fingerprint density at radius 1 is 0.615 bits per heavy atom. The summed E-state index contributed by atoms with van der Waals surface area (Å²) in [6, 6.07) is 13.8. The molecule has 1 atom stereocenters. The third-order valence-electron chi connectivity index (χ3n) is 6.94. The molecule has 0 fully saturated rings. The lowest BCUT2D eigenvalue weighted by Crippen LogP contribution is -2.13. The molecule has 0 spiro atoms. The molecular formula is C34H51FO4. The number of hydrogen-bond donors (Lipinski definition) is 0. The van der Waals surface area contributed by atoms with Gasteiger partial charge in [0.1, 0.15) is 30.0 Å². The lowest BCUT2D eigenvalue weighted by Gasteiger charge is -2.11. The lowest BCUT2D eigenvalue weighted by molar-refractivity contribution is 0.0734. The molecule has 4 nitrogen and oxygen atoms in total. The van der Waals surface area contributed by atoms with E-state index >= 15 is 0 Å². The van der Waals surface area contributed by atoms with Crippen molar-refractivity contribution in [2.24, 2.45) is 0 Å². The van der Waals surface area contributed by atoms with E-state index in [2.05, 4.69) is 13.8 Å². The van der Waals surface area contributed by atoms with Gasteiger partial charge in [-0.05, 0) is 61.4 Å². The van der Waals surface area contributed by atoms with Crippen molar-refractivity contribution in [3.63, 3.8) is 0 Å². The zero-order valence-electron chi connectivity index (χ0n) is 24.4. The fourth-order valence-electron chi connectivity index (χ4n) is 4.48. The van der Waals surface area contributed by atoms with Crippen LogP contribution in [0, 0.1) is 0 Å². The molecule has 1 unspecified atom stereocenters. The van der Waals surface area contributed by atoms with Crippen LogP contribution in [0.3, 0.4) is 0 Å². The highest BCUT2D eigenvalue weighted by Crippen LogP contribution is 2.21. The van der Waals surface area contributed by atoms with Crippen molar-refractivity contribution < 1.29 is 23.4 Å². The largest absolute Gasteiger partial charge is 0.494 e. The van der Waals surface area contributed by atoms with E-state index in [1.54, 1.807) is 36.4 Å². The molecule has 0 bridgehead atoms. The number of esters is 1. The van der Waals surface area contributed by atoms with Crippen molar-refractivity contribution in [3.05, 3.63) is 54.1 Å². The Bertz CT molecular complexity index is 866. The second-order valence-electron chi connectivity index (χ2n) is 10.5. The summed E-state index contributed by atoms with van der Waals surface area (Å²) in [7, 11) is 0. The molecule has 0 aliphatic carbocycles. The van der Waals surface area contributed by atoms with E-state index in [9.17, 15) is 9.18 Å². The molecule has 2 rings (SSSR count). The number of ether oxygens (including phenoxy) is 3. The molecule has 5 heteroatoms. The fraction of sp³-hybridized carbons (Fsp3) is 0.618. The summed E-state index contributed by atoms with van der Waals surface area (Å²) in [5, 5.41) is 0. The van der Waals surface area contributed by atoms with Gasteiger partial charge in [0.05, 0.1) is 12.2 Å². The van der Waals surface area contributed by atoms with Crippen molar-refractivity contribution in [2.45, 2.75) is 123 Å². The van der Waals surface area contributed by atoms with Crippen molar-refractivity contribution in [3.8, 4) is 17.2 Å². The topological polar surface area (TPSA) is 44.8 Å². The van der Waals surface area contributed by atoms with Crippen LogP contribution >= 0.6 is 0 Å². The van der Waals surface area contributed by atoms with E-state index in [1.807, 2.05) is 12.1 Å². The van der Waals surface area contributed by atoms with Crippen LogP contribution in [0.2, 0.25) is 0 Å². The Labute approximate surface area is 236 Å². The highest BCUT2D eigenvalue weighted by Gasteiger charge is 2.11. The summed E-state index contributed by atoms with van der Waals surface area (Å²) in [4.78, 5) is 12.5. The van der Waals surface area contributed by atoms with Crippen LogP contribution in [0.25, 0.3) is 0 Å². The van der Waals surface area contributed by atoms with E-state index < -0.39 is 12.1 Å². The van der Waals surface area contributed by atoms with Crippen molar-refractivity contribution >= 4 is 5.97 Å². The van der Waals surface area contributed by atoms with Crippen LogP contribution in [-0.2, 0) is 0 Å². The molecule has 2 aromatic rings. The maximum atomic E-state index is 14.2. The fourth-order valence-corrected chi connectivity index (χ4v) is 4.48. The summed E-state index contributed by atoms with van der Waals surface area (Å²) < 4.78 is 31.1. The number of alkyl halides is 1. The van der Waals surface area contributed by atoms with Crippen LogP contribution < -0.4 is 14.2 Å². The first-order valence-electron chi connectivity index (χ1n) is 15.4. The Morgan fingerprint density at radius 3 is 1.67 bits per heavy atom. The maximum absolute atomic E-state index is 14.2. The zero-order chi connectivity index (χ0) is 28.0. The third kappa shape index (κ3) is 15.6. The molecule has 0 saturated carbocycles. The van der Waals surface area contributed by atoms with Crippen LogP contribution in [0.15, 0.2) is 48.5 Å². The molecule has 0 N–H and O–H groups in total. The van der Waals surface area contributed by atoms with Gasteiger partial charge in [-0.3, -0.25) is 0 Å². The van der Waals surface area contributed by atoms with Crippen molar-refractivity contribution in [1.82, 2.24) is 0 Å². The van der Waals surface area contributed by atoms with Gasteiger partial charge in [-0.15, -0.1) is 0 Å². The van der Waals surface area contributed by atoms with Gasteiger partial charge >= 0.3 is 5.97 Å². The average Bonchev–Trinajstić information content (AvgIpc) is 2.96. The molecule has 0 aromatic heterocycles. The predicted molar refractivity (Wildman–Crippen MR) is 159 cm³/mol. The van der Waals surface area contributed by atoms with Gasteiger partial charge in [-0.1, -0.05) is 104 Å². The SMILES string of the molecule is CCCCCCCCCCC(F)COc1ccc(C(=O)Oc2ccc(OCCCCCCCCC)cc2)cc1. The maximum Gasteiger partial charge on any atom is 0.343 e. The minimum Gasteiger partial charge on any atom is -0.494 e. The first-order chi connectivity index (χ1) is 19.1. The van der Waals surface area contributed by atoms with Crippen LogP contribution in [-0.4, -0.2) is 25.4 Å². The van der Waals surface area contributed by atoms with Gasteiger partial charge < -0.3 is 14.2 Å². The van der Waals surface area contributed by atoms with E-state index in [-0.39, 0.29) is 6.61 Å². The molecular weight excluding hydrogens is 491 g/mol. The van der Waals surface area contributed by atoms with Crippen LogP contribution in [0.4, 0.5) is 4.39 Å². The summed E-state index contributed by atoms with van der Waals surface area (Å²) in [5.74, 6) is 1.34. The molecule has 2 aromatic carbocycles. The number of carbonyl (C=O) groups is 1. The third-order valence-corrected chi connectivity index (χ3v) is 6.94. The highest BCUT2D eigenvalue weighted by molar-refractivity contribution is 5.91. The minimum absolute atomic E-state index is 0.0354. The van der Waals surface area contributed by atoms with Crippen molar-refractivity contribution in [1.29, 1.82) is 0 Å². The zero-order valence-corrected chi connectivity index (χ0v) is 24.4. The number of unbranched alkanes of at least 4 members (excludes halogenated alkanes) is 13. The number of carbonyl (C=O) groups excluding carboxylic acids is 1. The Morgan fingerprint density at radius 2 is 1.08 bits per heavy atom. The first-order valence-corrected chi connectivity index (χ1v) is 15.4. The molecule has 0 saturated heterocycles. The minimum atomic E-state index is -0.975. The van der Waals surface area contributed by atoms with E-state index in [0.717, 1.165) is 25.0 Å². The van der Waals surface area contributed by atoms with Gasteiger partial charge in [-0.25, -0.2) is 9.18 Å². The van der Waals surface area contributed by atoms with Gasteiger partial charge in [0.2, 0.25) is 0 Å². The summed E-state index contributed by atoms with van der Waals surface area (Å²) >= 11 is 0. The predicted octanol–water partition coefficient (Wildman–Crippen LogP) is 10.3. The van der Waals surface area contributed by atoms with Crippen LogP contribution in [0.5, 0.6) is 17.2 Å². The smallest absolute Gasteiger partial charge is 0.343 e. The second kappa shape index (κ2) is 21.3. The van der Waals surface area contributed by atoms with E-state index in [0.29, 0.717) is 30.1 Å². The lowest BCUT2D eigenvalue weighted by atomic mass is 10.1. The second-order valence-corrected chi connectivity index (χ2v) is 10.5. The van der Waals surface area contributed by atoms with Crippen LogP contribution in [0.1, 0.15) is 127 Å². The summed E-state index contributed by atoms with van der Waals surface area (Å²) in [6.45, 7) is 5.19. The van der Waals surface area contributed by atoms with E-state index in [4.69, 9.17) is 14.2 Å². The summed E-state index contributed by atoms with van der Waals surface area (Å²) in [6.07, 6.45) is 17.9. The number of hydrogen-bond acceptors (Lipinski definition) is 4. The Balaban J connectivity index is 1.60. The highest BCUT2D eigenvalue weighted by atomic mass is 19.1. The first kappa shape index (κ1) is 32.7. The van der Waals surface area contributed by atoms with E-state index in [1.165, 1.54) is 77.0 Å². The number of rotatable bonds is 23. The number of halogens is 1. The van der Waals surface area contributed by atoms with Crippen molar-refractivity contribution in [2.75, 3.05) is 13.2 Å². The molecule has 0 heterocycles. The molecule has 39 heavy (non-hydrogen) atoms. The Kier molecular flexibility index (Phi) is 17.8. The van der Waals surface area contributed by atoms with Gasteiger partial charge in [0.25, 0.3) is 0 Å². The van der Waals surface area contributed by atoms with Gasteiger partial charge in [-0.2, -0.15) is 0 Å².